The average Bonchev–Trinajstić information content (AvgIpc) is 2.67. The van der Waals surface area contributed by atoms with E-state index in [0.29, 0.717) is 17.8 Å². The molecule has 0 saturated carbocycles. The van der Waals surface area contributed by atoms with Gasteiger partial charge in [0.1, 0.15) is 4.88 Å². The summed E-state index contributed by atoms with van der Waals surface area (Å²) in [6, 6.07) is 0. The Bertz CT molecular complexity index is 471. The summed E-state index contributed by atoms with van der Waals surface area (Å²) in [5.74, 6) is 1.98. The van der Waals surface area contributed by atoms with Gasteiger partial charge in [-0.3, -0.25) is 4.79 Å². The van der Waals surface area contributed by atoms with Crippen molar-refractivity contribution in [2.75, 3.05) is 13.1 Å². The van der Waals surface area contributed by atoms with Crippen molar-refractivity contribution in [3.8, 4) is 0 Å². The Morgan fingerprint density at radius 3 is 2.50 bits per heavy atom. The molecule has 1 aromatic heterocycles. The largest absolute Gasteiger partial charge is 0.337 e. The van der Waals surface area contributed by atoms with E-state index < -0.39 is 0 Å². The molecule has 2 rings (SSSR count). The van der Waals surface area contributed by atoms with E-state index in [9.17, 15) is 4.79 Å². The molecule has 1 fully saturated rings. The van der Waals surface area contributed by atoms with Crippen LogP contribution in [0.2, 0.25) is 0 Å². The number of piperidine rings is 1. The summed E-state index contributed by atoms with van der Waals surface area (Å²) in [6.07, 6.45) is 2.19. The molecule has 3 nitrogen and oxygen atoms in total. The second kappa shape index (κ2) is 6.25. The van der Waals surface area contributed by atoms with Crippen molar-refractivity contribution in [3.63, 3.8) is 0 Å². The monoisotopic (exact) mass is 294 g/mol. The second-order valence-electron chi connectivity index (χ2n) is 6.78. The smallest absolute Gasteiger partial charge is 0.265 e. The molecular weight excluding hydrogens is 268 g/mol. The van der Waals surface area contributed by atoms with E-state index in [1.807, 2.05) is 11.8 Å². The lowest BCUT2D eigenvalue weighted by molar-refractivity contribution is 0.0627. The summed E-state index contributed by atoms with van der Waals surface area (Å²) < 4.78 is 0. The predicted octanol–water partition coefficient (Wildman–Crippen LogP) is 3.77. The Kier molecular flexibility index (Phi) is 4.84. The number of hydrogen-bond acceptors (Lipinski definition) is 3. The molecule has 20 heavy (non-hydrogen) atoms. The fourth-order valence-corrected chi connectivity index (χ4v) is 4.30. The van der Waals surface area contributed by atoms with Crippen molar-refractivity contribution in [1.29, 1.82) is 0 Å². The normalized spacial score (nSPS) is 23.4. The minimum atomic E-state index is 0.188. The van der Waals surface area contributed by atoms with Crippen LogP contribution >= 0.6 is 11.3 Å². The van der Waals surface area contributed by atoms with Gasteiger partial charge in [0.05, 0.1) is 10.7 Å². The third-order valence-electron chi connectivity index (χ3n) is 3.77. The van der Waals surface area contributed by atoms with Gasteiger partial charge in [-0.1, -0.05) is 27.7 Å². The van der Waals surface area contributed by atoms with E-state index in [1.165, 1.54) is 6.42 Å². The van der Waals surface area contributed by atoms with Crippen molar-refractivity contribution in [2.24, 2.45) is 17.8 Å². The Morgan fingerprint density at radius 2 is 1.95 bits per heavy atom. The highest BCUT2D eigenvalue weighted by Crippen LogP contribution is 2.26. The Balaban J connectivity index is 2.14. The first-order valence-corrected chi connectivity index (χ1v) is 8.44. The molecule has 2 atom stereocenters. The molecule has 112 valence electrons. The Hall–Kier alpha value is -0.900. The molecule has 1 aliphatic heterocycles. The minimum Gasteiger partial charge on any atom is -0.337 e. The lowest BCUT2D eigenvalue weighted by atomic mass is 9.92. The summed E-state index contributed by atoms with van der Waals surface area (Å²) in [4.78, 5) is 20.2. The van der Waals surface area contributed by atoms with E-state index in [1.54, 1.807) is 11.3 Å². The zero-order chi connectivity index (χ0) is 14.9. The lowest BCUT2D eigenvalue weighted by Gasteiger charge is -2.34. The summed E-state index contributed by atoms with van der Waals surface area (Å²) in [5, 5.41) is 1.10. The van der Waals surface area contributed by atoms with Crippen LogP contribution in [0, 0.1) is 24.7 Å². The summed E-state index contributed by atoms with van der Waals surface area (Å²) in [5.41, 5.74) is 0.904. The molecule has 2 unspecified atom stereocenters. The van der Waals surface area contributed by atoms with Crippen LogP contribution < -0.4 is 0 Å². The molecule has 1 saturated heterocycles. The Morgan fingerprint density at radius 1 is 1.35 bits per heavy atom. The van der Waals surface area contributed by atoms with Crippen molar-refractivity contribution in [2.45, 2.75) is 47.5 Å². The van der Waals surface area contributed by atoms with Crippen molar-refractivity contribution in [1.82, 2.24) is 9.88 Å². The van der Waals surface area contributed by atoms with Gasteiger partial charge in [-0.05, 0) is 31.1 Å². The van der Waals surface area contributed by atoms with Gasteiger partial charge in [0.25, 0.3) is 5.91 Å². The number of hydrogen-bond donors (Lipinski definition) is 0. The average molecular weight is 294 g/mol. The number of aromatic nitrogens is 1. The highest BCUT2D eigenvalue weighted by molar-refractivity contribution is 7.13. The predicted molar refractivity (Wildman–Crippen MR) is 84.2 cm³/mol. The van der Waals surface area contributed by atoms with E-state index >= 15 is 0 Å². The fourth-order valence-electron chi connectivity index (χ4n) is 3.06. The molecule has 0 aliphatic carbocycles. The van der Waals surface area contributed by atoms with Crippen LogP contribution in [0.4, 0.5) is 0 Å². The van der Waals surface area contributed by atoms with E-state index in [4.69, 9.17) is 0 Å². The zero-order valence-corrected chi connectivity index (χ0v) is 14.1. The lowest BCUT2D eigenvalue weighted by Crippen LogP contribution is -2.42. The molecule has 0 bridgehead atoms. The van der Waals surface area contributed by atoms with Gasteiger partial charge in [0.15, 0.2) is 0 Å². The third-order valence-corrected chi connectivity index (χ3v) is 4.94. The van der Waals surface area contributed by atoms with Gasteiger partial charge >= 0.3 is 0 Å². The highest BCUT2D eigenvalue weighted by atomic mass is 32.1. The first kappa shape index (κ1) is 15.5. The van der Waals surface area contributed by atoms with Gasteiger partial charge in [0.2, 0.25) is 0 Å². The van der Waals surface area contributed by atoms with Crippen LogP contribution in [0.25, 0.3) is 0 Å². The van der Waals surface area contributed by atoms with Crippen LogP contribution in [-0.2, 0) is 6.42 Å². The summed E-state index contributed by atoms with van der Waals surface area (Å²) in [6.45, 7) is 12.6. The molecule has 0 N–H and O–H groups in total. The number of amides is 1. The molecule has 4 heteroatoms. The first-order valence-electron chi connectivity index (χ1n) is 7.62. The number of carbonyl (C=O) groups is 1. The maximum Gasteiger partial charge on any atom is 0.265 e. The molecule has 0 aromatic carbocycles. The molecule has 1 aliphatic rings. The van der Waals surface area contributed by atoms with Gasteiger partial charge in [-0.25, -0.2) is 4.98 Å². The van der Waals surface area contributed by atoms with Gasteiger partial charge < -0.3 is 4.90 Å². The van der Waals surface area contributed by atoms with Crippen molar-refractivity contribution >= 4 is 17.2 Å². The fraction of sp³-hybridized carbons (Fsp3) is 0.750. The first-order chi connectivity index (χ1) is 9.36. The van der Waals surface area contributed by atoms with Crippen LogP contribution in [0.3, 0.4) is 0 Å². The number of nitrogens with zero attached hydrogens (tertiary/aromatic N) is 2. The van der Waals surface area contributed by atoms with Crippen molar-refractivity contribution in [3.05, 3.63) is 15.6 Å². The van der Waals surface area contributed by atoms with Crippen LogP contribution in [0.5, 0.6) is 0 Å². The number of aryl methyl sites for hydroxylation is 1. The maximum atomic E-state index is 12.7. The molecule has 2 heterocycles. The highest BCUT2D eigenvalue weighted by Gasteiger charge is 2.28. The van der Waals surface area contributed by atoms with Crippen LogP contribution in [0.15, 0.2) is 0 Å². The van der Waals surface area contributed by atoms with Gasteiger partial charge in [-0.15, -0.1) is 11.3 Å². The zero-order valence-electron chi connectivity index (χ0n) is 13.3. The summed E-state index contributed by atoms with van der Waals surface area (Å²) >= 11 is 1.59. The summed E-state index contributed by atoms with van der Waals surface area (Å²) in [7, 11) is 0. The van der Waals surface area contributed by atoms with E-state index in [2.05, 4.69) is 32.7 Å². The van der Waals surface area contributed by atoms with Gasteiger partial charge in [-0.2, -0.15) is 0 Å². The van der Waals surface area contributed by atoms with Crippen molar-refractivity contribution < 1.29 is 4.79 Å². The van der Waals surface area contributed by atoms with E-state index in [0.717, 1.165) is 35.1 Å². The number of carbonyl (C=O) groups excluding carboxylic acids is 1. The van der Waals surface area contributed by atoms with Gasteiger partial charge in [0, 0.05) is 19.5 Å². The molecule has 0 spiro atoms. The maximum absolute atomic E-state index is 12.7. The molecule has 1 aromatic rings. The number of thiazole rings is 1. The Labute approximate surface area is 126 Å². The third kappa shape index (κ3) is 3.60. The minimum absolute atomic E-state index is 0.188. The molecule has 0 radical (unpaired) electrons. The van der Waals surface area contributed by atoms with E-state index in [-0.39, 0.29) is 5.91 Å². The molecule has 1 amide bonds. The number of likely N-dealkylation sites (tertiary alicyclic amines) is 1. The van der Waals surface area contributed by atoms with Crippen LogP contribution in [0.1, 0.15) is 54.5 Å². The second-order valence-corrected chi connectivity index (χ2v) is 7.86. The standard InChI is InChI=1S/C16H26N2OS/c1-10(2)6-14-17-13(5)15(20-14)16(19)18-8-11(3)7-12(4)9-18/h10-12H,6-9H2,1-5H3. The SMILES string of the molecule is Cc1nc(CC(C)C)sc1C(=O)N1CC(C)CC(C)C1. The number of rotatable bonds is 3. The molecular formula is C16H26N2OS. The van der Waals surface area contributed by atoms with Crippen LogP contribution in [-0.4, -0.2) is 28.9 Å². The topological polar surface area (TPSA) is 33.2 Å². The quantitative estimate of drug-likeness (QED) is 0.850.